The number of rotatable bonds is 14. The summed E-state index contributed by atoms with van der Waals surface area (Å²) in [6.07, 6.45) is 2.77. The van der Waals surface area contributed by atoms with E-state index in [1.165, 1.54) is 0 Å². The van der Waals surface area contributed by atoms with Crippen molar-refractivity contribution in [3.63, 3.8) is 0 Å². The molecule has 0 aromatic carbocycles. The number of unbranched alkanes of at least 4 members (excludes halogenated alkanes) is 2. The Morgan fingerprint density at radius 2 is 1.53 bits per heavy atom. The van der Waals surface area contributed by atoms with Gasteiger partial charge in [0.25, 0.3) is 0 Å². The van der Waals surface area contributed by atoms with Crippen LogP contribution in [0.1, 0.15) is 39.5 Å². The average Bonchev–Trinajstić information content (AvgIpc) is 2.42. The number of ether oxygens (including phenoxy) is 3. The average molecular weight is 278 g/mol. The lowest BCUT2D eigenvalue weighted by atomic mass is 10.2. The molecular formula is C14H30O5. The van der Waals surface area contributed by atoms with Crippen LogP contribution in [0.3, 0.4) is 0 Å². The molecule has 0 radical (unpaired) electrons. The summed E-state index contributed by atoms with van der Waals surface area (Å²) in [6, 6.07) is 0. The molecule has 0 aliphatic heterocycles. The van der Waals surface area contributed by atoms with Gasteiger partial charge in [-0.15, -0.1) is 0 Å². The number of aliphatic hydroxyl groups is 2. The van der Waals surface area contributed by atoms with Crippen molar-refractivity contribution in [1.29, 1.82) is 0 Å². The summed E-state index contributed by atoms with van der Waals surface area (Å²) in [4.78, 5) is 0. The second-order valence-corrected chi connectivity index (χ2v) is 4.55. The third-order valence-corrected chi connectivity index (χ3v) is 2.74. The SMILES string of the molecule is CCCCOCCOCC(O)C(CO)OCCCC. The molecule has 0 rings (SSSR count). The molecule has 0 aromatic rings. The zero-order valence-corrected chi connectivity index (χ0v) is 12.3. The predicted octanol–water partition coefficient (Wildman–Crippen LogP) is 1.36. The van der Waals surface area contributed by atoms with Crippen molar-refractivity contribution in [1.82, 2.24) is 0 Å². The van der Waals surface area contributed by atoms with Crippen LogP contribution >= 0.6 is 0 Å². The highest BCUT2D eigenvalue weighted by molar-refractivity contribution is 4.67. The van der Waals surface area contributed by atoms with Crippen molar-refractivity contribution < 1.29 is 24.4 Å². The Labute approximate surface area is 116 Å². The molecule has 0 saturated heterocycles. The summed E-state index contributed by atoms with van der Waals surface area (Å²) in [7, 11) is 0. The monoisotopic (exact) mass is 278 g/mol. The van der Waals surface area contributed by atoms with Crippen molar-refractivity contribution in [3.05, 3.63) is 0 Å². The van der Waals surface area contributed by atoms with Gasteiger partial charge < -0.3 is 24.4 Å². The van der Waals surface area contributed by atoms with E-state index in [9.17, 15) is 5.11 Å². The highest BCUT2D eigenvalue weighted by atomic mass is 16.5. The third kappa shape index (κ3) is 11.3. The fourth-order valence-corrected chi connectivity index (χ4v) is 1.44. The molecule has 0 aliphatic carbocycles. The molecule has 0 fully saturated rings. The van der Waals surface area contributed by atoms with Crippen LogP contribution in [-0.4, -0.2) is 62.1 Å². The lowest BCUT2D eigenvalue weighted by Crippen LogP contribution is -2.36. The molecule has 0 heterocycles. The smallest absolute Gasteiger partial charge is 0.109 e. The minimum Gasteiger partial charge on any atom is -0.394 e. The molecule has 0 aliphatic rings. The normalized spacial score (nSPS) is 14.5. The van der Waals surface area contributed by atoms with Gasteiger partial charge in [-0.2, -0.15) is 0 Å². The molecule has 0 amide bonds. The van der Waals surface area contributed by atoms with Gasteiger partial charge in [-0.25, -0.2) is 0 Å². The Balaban J connectivity index is 3.50. The lowest BCUT2D eigenvalue weighted by Gasteiger charge is -2.21. The van der Waals surface area contributed by atoms with Gasteiger partial charge in [0, 0.05) is 13.2 Å². The quantitative estimate of drug-likeness (QED) is 0.470. The maximum Gasteiger partial charge on any atom is 0.109 e. The Morgan fingerprint density at radius 3 is 2.16 bits per heavy atom. The van der Waals surface area contributed by atoms with E-state index < -0.39 is 12.2 Å². The third-order valence-electron chi connectivity index (χ3n) is 2.74. The first-order valence-electron chi connectivity index (χ1n) is 7.32. The van der Waals surface area contributed by atoms with Crippen LogP contribution in [0, 0.1) is 0 Å². The lowest BCUT2D eigenvalue weighted by molar-refractivity contribution is -0.0947. The maximum absolute atomic E-state index is 9.80. The molecule has 0 aromatic heterocycles. The minimum atomic E-state index is -0.794. The molecule has 5 heteroatoms. The van der Waals surface area contributed by atoms with Crippen LogP contribution in [0.25, 0.3) is 0 Å². The van der Waals surface area contributed by atoms with E-state index in [4.69, 9.17) is 19.3 Å². The molecule has 0 bridgehead atoms. The summed E-state index contributed by atoms with van der Waals surface area (Å²) < 4.78 is 16.0. The zero-order chi connectivity index (χ0) is 14.3. The molecule has 19 heavy (non-hydrogen) atoms. The van der Waals surface area contributed by atoms with Crippen molar-refractivity contribution in [2.45, 2.75) is 51.7 Å². The van der Waals surface area contributed by atoms with E-state index in [1.807, 2.05) is 0 Å². The van der Waals surface area contributed by atoms with E-state index in [1.54, 1.807) is 0 Å². The van der Waals surface area contributed by atoms with Crippen LogP contribution < -0.4 is 0 Å². The maximum atomic E-state index is 9.80. The molecule has 2 N–H and O–H groups in total. The van der Waals surface area contributed by atoms with Crippen LogP contribution in [0.5, 0.6) is 0 Å². The van der Waals surface area contributed by atoms with Gasteiger partial charge in [0.15, 0.2) is 0 Å². The van der Waals surface area contributed by atoms with Gasteiger partial charge in [-0.3, -0.25) is 0 Å². The first-order valence-corrected chi connectivity index (χ1v) is 7.32. The summed E-state index contributed by atoms with van der Waals surface area (Å²) >= 11 is 0. The molecule has 5 nitrogen and oxygen atoms in total. The Morgan fingerprint density at radius 1 is 0.895 bits per heavy atom. The van der Waals surface area contributed by atoms with Crippen LogP contribution in [0.2, 0.25) is 0 Å². The Hall–Kier alpha value is -0.200. The molecule has 0 spiro atoms. The molecular weight excluding hydrogens is 248 g/mol. The zero-order valence-electron chi connectivity index (χ0n) is 12.3. The second kappa shape index (κ2) is 14.2. The standard InChI is InChI=1S/C14H30O5/c1-3-5-7-17-9-10-18-12-13(16)14(11-15)19-8-6-4-2/h13-16H,3-12H2,1-2H3. The van der Waals surface area contributed by atoms with Gasteiger partial charge in [0.2, 0.25) is 0 Å². The summed E-state index contributed by atoms with van der Waals surface area (Å²) in [5.41, 5.74) is 0. The highest BCUT2D eigenvalue weighted by Crippen LogP contribution is 2.02. The molecule has 2 unspecified atom stereocenters. The molecule has 0 saturated carbocycles. The topological polar surface area (TPSA) is 68.2 Å². The van der Waals surface area contributed by atoms with Crippen LogP contribution in [0.4, 0.5) is 0 Å². The van der Waals surface area contributed by atoms with Crippen molar-refractivity contribution in [2.24, 2.45) is 0 Å². The van der Waals surface area contributed by atoms with Gasteiger partial charge in [-0.05, 0) is 12.8 Å². The highest BCUT2D eigenvalue weighted by Gasteiger charge is 2.18. The number of hydrogen-bond donors (Lipinski definition) is 2. The van der Waals surface area contributed by atoms with Crippen molar-refractivity contribution >= 4 is 0 Å². The van der Waals surface area contributed by atoms with E-state index in [-0.39, 0.29) is 13.2 Å². The summed E-state index contributed by atoms with van der Waals surface area (Å²) in [5, 5.41) is 18.9. The number of hydrogen-bond acceptors (Lipinski definition) is 5. The number of aliphatic hydroxyl groups excluding tert-OH is 2. The first kappa shape index (κ1) is 18.8. The van der Waals surface area contributed by atoms with Crippen LogP contribution in [-0.2, 0) is 14.2 Å². The Kier molecular flexibility index (Phi) is 14.1. The second-order valence-electron chi connectivity index (χ2n) is 4.55. The fraction of sp³-hybridized carbons (Fsp3) is 1.00. The minimum absolute atomic E-state index is 0.161. The van der Waals surface area contributed by atoms with Gasteiger partial charge >= 0.3 is 0 Å². The predicted molar refractivity (Wildman–Crippen MR) is 74.3 cm³/mol. The van der Waals surface area contributed by atoms with Crippen LogP contribution in [0.15, 0.2) is 0 Å². The van der Waals surface area contributed by atoms with E-state index >= 15 is 0 Å². The summed E-state index contributed by atoms with van der Waals surface area (Å²) in [5.74, 6) is 0. The van der Waals surface area contributed by atoms with Gasteiger partial charge in [-0.1, -0.05) is 26.7 Å². The van der Waals surface area contributed by atoms with Crippen molar-refractivity contribution in [3.8, 4) is 0 Å². The molecule has 116 valence electrons. The first-order chi connectivity index (χ1) is 9.26. The fourth-order valence-electron chi connectivity index (χ4n) is 1.44. The summed E-state index contributed by atoms with van der Waals surface area (Å²) in [6.45, 7) is 6.44. The van der Waals surface area contributed by atoms with Gasteiger partial charge in [0.1, 0.15) is 12.2 Å². The van der Waals surface area contributed by atoms with E-state index in [0.29, 0.717) is 19.8 Å². The molecule has 2 atom stereocenters. The van der Waals surface area contributed by atoms with Gasteiger partial charge in [0.05, 0.1) is 26.4 Å². The Bertz CT molecular complexity index is 177. The van der Waals surface area contributed by atoms with Crippen molar-refractivity contribution in [2.75, 3.05) is 39.6 Å². The largest absolute Gasteiger partial charge is 0.394 e. The van der Waals surface area contributed by atoms with E-state index in [2.05, 4.69) is 13.8 Å². The van der Waals surface area contributed by atoms with E-state index in [0.717, 1.165) is 32.3 Å².